The number of hydrogen-bond donors (Lipinski definition) is 1. The van der Waals surface area contributed by atoms with Crippen LogP contribution >= 0.6 is 11.3 Å². The molecule has 0 spiro atoms. The van der Waals surface area contributed by atoms with Gasteiger partial charge in [-0.15, -0.1) is 11.3 Å². The van der Waals surface area contributed by atoms with E-state index in [0.717, 1.165) is 32.5 Å². The number of rotatable bonds is 5. The molecule has 0 fully saturated rings. The Labute approximate surface area is 124 Å². The maximum absolute atomic E-state index is 5.76. The van der Waals surface area contributed by atoms with Gasteiger partial charge in [0.15, 0.2) is 0 Å². The van der Waals surface area contributed by atoms with Crippen LogP contribution < -0.4 is 10.6 Å². The van der Waals surface area contributed by atoms with Gasteiger partial charge in [0, 0.05) is 23.5 Å². The molecule has 1 unspecified atom stereocenters. The summed E-state index contributed by atoms with van der Waals surface area (Å²) >= 11 is 1.77. The molecule has 1 aromatic carbocycles. The highest BCUT2D eigenvalue weighted by molar-refractivity contribution is 7.09. The quantitative estimate of drug-likeness (QED) is 0.918. The van der Waals surface area contributed by atoms with Gasteiger partial charge in [0.25, 0.3) is 0 Å². The van der Waals surface area contributed by atoms with E-state index in [9.17, 15) is 0 Å². The number of benzene rings is 1. The summed E-state index contributed by atoms with van der Waals surface area (Å²) in [4.78, 5) is 7.14. The summed E-state index contributed by atoms with van der Waals surface area (Å²) in [6.45, 7) is 4.89. The lowest BCUT2D eigenvalue weighted by atomic mass is 9.98. The second-order valence-corrected chi connectivity index (χ2v) is 6.24. The Morgan fingerprint density at radius 2 is 2.25 bits per heavy atom. The summed E-state index contributed by atoms with van der Waals surface area (Å²) in [6.07, 6.45) is 2.09. The number of nitrogens with two attached hydrogens (primary N) is 1. The van der Waals surface area contributed by atoms with E-state index < -0.39 is 0 Å². The van der Waals surface area contributed by atoms with E-state index in [0.29, 0.717) is 5.92 Å². The molecule has 2 aromatic rings. The van der Waals surface area contributed by atoms with Crippen molar-refractivity contribution in [2.45, 2.75) is 32.2 Å². The van der Waals surface area contributed by atoms with Crippen molar-refractivity contribution in [1.82, 2.24) is 4.98 Å². The monoisotopic (exact) mass is 287 g/mol. The first kappa shape index (κ1) is 13.6. The molecule has 0 bridgehead atoms. The largest absolute Gasteiger partial charge is 0.365 e. The first-order valence-electron chi connectivity index (χ1n) is 7.29. The Morgan fingerprint density at radius 1 is 1.40 bits per heavy atom. The molecule has 0 saturated carbocycles. The second-order valence-electron chi connectivity index (χ2n) is 5.30. The zero-order chi connectivity index (χ0) is 13.9. The molecule has 2 N–H and O–H groups in total. The summed E-state index contributed by atoms with van der Waals surface area (Å²) in [5, 5.41) is 3.42. The summed E-state index contributed by atoms with van der Waals surface area (Å²) < 4.78 is 0. The number of thiazole rings is 1. The molecule has 1 aromatic heterocycles. The van der Waals surface area contributed by atoms with Crippen LogP contribution in [-0.4, -0.2) is 18.1 Å². The van der Waals surface area contributed by atoms with E-state index >= 15 is 0 Å². The van der Waals surface area contributed by atoms with E-state index in [1.807, 2.05) is 0 Å². The van der Waals surface area contributed by atoms with Gasteiger partial charge in [-0.1, -0.05) is 25.1 Å². The van der Waals surface area contributed by atoms with Gasteiger partial charge in [-0.2, -0.15) is 0 Å². The molecule has 2 heterocycles. The molecule has 0 aliphatic carbocycles. The van der Waals surface area contributed by atoms with Gasteiger partial charge < -0.3 is 10.6 Å². The van der Waals surface area contributed by atoms with E-state index in [1.54, 1.807) is 11.3 Å². The Kier molecular flexibility index (Phi) is 4.03. The summed E-state index contributed by atoms with van der Waals surface area (Å²) in [6, 6.07) is 8.71. The van der Waals surface area contributed by atoms with E-state index in [-0.39, 0.29) is 0 Å². The molecule has 20 heavy (non-hydrogen) atoms. The fourth-order valence-corrected chi connectivity index (χ4v) is 3.70. The minimum atomic E-state index is 0.570. The molecule has 0 amide bonds. The highest BCUT2D eigenvalue weighted by Gasteiger charge is 2.27. The molecule has 0 saturated heterocycles. The van der Waals surface area contributed by atoms with Crippen molar-refractivity contribution >= 4 is 17.0 Å². The molecule has 0 radical (unpaired) electrons. The van der Waals surface area contributed by atoms with Crippen LogP contribution in [0.1, 0.15) is 35.5 Å². The topological polar surface area (TPSA) is 42.2 Å². The maximum Gasteiger partial charge on any atom is 0.0926 e. The van der Waals surface area contributed by atoms with E-state index in [1.165, 1.54) is 22.0 Å². The molecule has 1 aliphatic heterocycles. The second kappa shape index (κ2) is 5.94. The van der Waals surface area contributed by atoms with Crippen LogP contribution in [0.4, 0.5) is 5.69 Å². The van der Waals surface area contributed by atoms with Crippen LogP contribution in [0, 0.1) is 0 Å². The molecule has 3 nitrogen and oxygen atoms in total. The van der Waals surface area contributed by atoms with Gasteiger partial charge in [-0.05, 0) is 31.0 Å². The van der Waals surface area contributed by atoms with Crippen molar-refractivity contribution in [2.75, 3.05) is 18.0 Å². The van der Waals surface area contributed by atoms with Crippen LogP contribution in [0.3, 0.4) is 0 Å². The standard InChI is InChI=1S/C16H21N3S/c1-2-16-18-13(11-20-16)10-19-9-12(7-8-17)14-5-3-4-6-15(14)19/h3-6,11-12H,2,7-10,17H2,1H3. The van der Waals surface area contributed by atoms with Crippen molar-refractivity contribution in [3.63, 3.8) is 0 Å². The minimum Gasteiger partial charge on any atom is -0.365 e. The normalized spacial score (nSPS) is 17.5. The zero-order valence-corrected chi connectivity index (χ0v) is 12.7. The molecular weight excluding hydrogens is 266 g/mol. The van der Waals surface area contributed by atoms with Crippen molar-refractivity contribution in [3.8, 4) is 0 Å². The number of aromatic nitrogens is 1. The van der Waals surface area contributed by atoms with Gasteiger partial charge >= 0.3 is 0 Å². The van der Waals surface area contributed by atoms with Gasteiger partial charge in [-0.3, -0.25) is 0 Å². The maximum atomic E-state index is 5.76. The lowest BCUT2D eigenvalue weighted by Gasteiger charge is -2.18. The number of aryl methyl sites for hydroxylation is 1. The third-order valence-electron chi connectivity index (χ3n) is 3.93. The van der Waals surface area contributed by atoms with Crippen molar-refractivity contribution in [1.29, 1.82) is 0 Å². The van der Waals surface area contributed by atoms with Gasteiger partial charge in [-0.25, -0.2) is 4.98 Å². The molecular formula is C16H21N3S. The molecule has 4 heteroatoms. The lowest BCUT2D eigenvalue weighted by molar-refractivity contribution is 0.642. The van der Waals surface area contributed by atoms with Crippen LogP contribution in [0.5, 0.6) is 0 Å². The van der Waals surface area contributed by atoms with Crippen LogP contribution in [0.25, 0.3) is 0 Å². The SMILES string of the molecule is CCc1nc(CN2CC(CCN)c3ccccc32)cs1. The summed E-state index contributed by atoms with van der Waals surface area (Å²) in [5.74, 6) is 0.570. The Morgan fingerprint density at radius 3 is 3.00 bits per heavy atom. The first-order valence-corrected chi connectivity index (χ1v) is 8.17. The fraction of sp³-hybridized carbons (Fsp3) is 0.438. The lowest BCUT2D eigenvalue weighted by Crippen LogP contribution is -2.22. The molecule has 106 valence electrons. The number of nitrogens with zero attached hydrogens (tertiary/aromatic N) is 2. The minimum absolute atomic E-state index is 0.570. The smallest absolute Gasteiger partial charge is 0.0926 e. The number of fused-ring (bicyclic) bond motifs is 1. The predicted molar refractivity (Wildman–Crippen MR) is 85.4 cm³/mol. The Balaban J connectivity index is 1.80. The van der Waals surface area contributed by atoms with Crippen molar-refractivity contribution in [3.05, 3.63) is 45.9 Å². The Hall–Kier alpha value is -1.39. The van der Waals surface area contributed by atoms with Crippen LogP contribution in [0.15, 0.2) is 29.6 Å². The predicted octanol–water partition coefficient (Wildman–Crippen LogP) is 3.16. The van der Waals surface area contributed by atoms with Crippen molar-refractivity contribution in [2.24, 2.45) is 5.73 Å². The summed E-state index contributed by atoms with van der Waals surface area (Å²) in [5.41, 5.74) is 9.75. The van der Waals surface area contributed by atoms with Crippen LogP contribution in [0.2, 0.25) is 0 Å². The molecule has 1 atom stereocenters. The van der Waals surface area contributed by atoms with Gasteiger partial charge in [0.1, 0.15) is 0 Å². The Bertz CT molecular complexity index is 579. The van der Waals surface area contributed by atoms with E-state index in [2.05, 4.69) is 46.5 Å². The number of anilines is 1. The highest BCUT2D eigenvalue weighted by atomic mass is 32.1. The average Bonchev–Trinajstić information content (AvgIpc) is 3.06. The zero-order valence-electron chi connectivity index (χ0n) is 11.9. The van der Waals surface area contributed by atoms with E-state index in [4.69, 9.17) is 5.73 Å². The average molecular weight is 287 g/mol. The third kappa shape index (κ3) is 2.58. The number of para-hydroxylation sites is 1. The molecule has 1 aliphatic rings. The fourth-order valence-electron chi connectivity index (χ4n) is 2.96. The van der Waals surface area contributed by atoms with Crippen LogP contribution in [-0.2, 0) is 13.0 Å². The number of hydrogen-bond acceptors (Lipinski definition) is 4. The van der Waals surface area contributed by atoms with Gasteiger partial charge in [0.2, 0.25) is 0 Å². The van der Waals surface area contributed by atoms with Gasteiger partial charge in [0.05, 0.1) is 17.2 Å². The molecule has 3 rings (SSSR count). The highest BCUT2D eigenvalue weighted by Crippen LogP contribution is 2.38. The first-order chi connectivity index (χ1) is 9.81. The summed E-state index contributed by atoms with van der Waals surface area (Å²) in [7, 11) is 0. The van der Waals surface area contributed by atoms with Crippen molar-refractivity contribution < 1.29 is 0 Å². The third-order valence-corrected chi connectivity index (χ3v) is 4.97.